The van der Waals surface area contributed by atoms with Crippen molar-refractivity contribution in [3.63, 3.8) is 0 Å². The number of benzene rings is 1. The Balaban J connectivity index is 1.39. The maximum atomic E-state index is 13.6. The topological polar surface area (TPSA) is 129 Å². The standard InChI is InChI=1S/C29H35F2N5O4/c1-14-10-19(7-8-21(14)36-28(38)16(3)37)35-29(39)23-15(2)34-26-24(32-13-33-25(23)26)20-11-18(27(30)31)6-9-22(20)40-12-17-4-5-17/h6,9,11,13-14,16-17,19,21,27,34,37H,4-5,7-8,10,12H2,1-3H3,(H,35,39)(H,36,38)/t14-,16+,19-,21+/m1/s1. The van der Waals surface area contributed by atoms with Crippen molar-refractivity contribution < 1.29 is 28.2 Å². The number of ether oxygens (including phenoxy) is 1. The molecular formula is C29H35F2N5O4. The number of nitrogens with one attached hydrogen (secondary N) is 3. The highest BCUT2D eigenvalue weighted by molar-refractivity contribution is 6.09. The number of aromatic nitrogens is 3. The highest BCUT2D eigenvalue weighted by Crippen LogP contribution is 2.38. The minimum Gasteiger partial charge on any atom is -0.493 e. The molecule has 40 heavy (non-hydrogen) atoms. The molecule has 0 unspecified atom stereocenters. The van der Waals surface area contributed by atoms with E-state index in [9.17, 15) is 23.5 Å². The van der Waals surface area contributed by atoms with Crippen molar-refractivity contribution in [1.82, 2.24) is 25.6 Å². The number of carbonyl (C=O) groups excluding carboxylic acids is 2. The molecule has 2 aromatic heterocycles. The molecule has 2 heterocycles. The minimum absolute atomic E-state index is 0.0688. The number of aliphatic hydroxyl groups is 1. The Morgan fingerprint density at radius 3 is 2.62 bits per heavy atom. The van der Waals surface area contributed by atoms with Crippen LogP contribution in [0.25, 0.3) is 22.3 Å². The number of aliphatic hydroxyl groups excluding tert-OH is 1. The number of halogens is 2. The fourth-order valence-electron chi connectivity index (χ4n) is 5.39. The molecule has 11 heteroatoms. The van der Waals surface area contributed by atoms with E-state index >= 15 is 0 Å². The maximum absolute atomic E-state index is 13.6. The molecule has 5 rings (SSSR count). The summed E-state index contributed by atoms with van der Waals surface area (Å²) in [5.41, 5.74) is 2.52. The summed E-state index contributed by atoms with van der Waals surface area (Å²) in [6.07, 6.45) is 1.80. The quantitative estimate of drug-likeness (QED) is 0.309. The molecule has 214 valence electrons. The van der Waals surface area contributed by atoms with Crippen molar-refractivity contribution in [2.24, 2.45) is 11.8 Å². The number of hydrogen-bond acceptors (Lipinski definition) is 6. The Hall–Kier alpha value is -3.60. The van der Waals surface area contributed by atoms with Gasteiger partial charge in [-0.2, -0.15) is 0 Å². The lowest BCUT2D eigenvalue weighted by atomic mass is 9.82. The van der Waals surface area contributed by atoms with E-state index in [2.05, 4.69) is 25.6 Å². The predicted octanol–water partition coefficient (Wildman–Crippen LogP) is 4.44. The molecule has 2 aliphatic rings. The molecule has 2 fully saturated rings. The van der Waals surface area contributed by atoms with Crippen LogP contribution in [-0.4, -0.2) is 56.7 Å². The zero-order valence-electron chi connectivity index (χ0n) is 22.8. The van der Waals surface area contributed by atoms with Gasteiger partial charge in [-0.15, -0.1) is 0 Å². The van der Waals surface area contributed by atoms with Crippen LogP contribution in [0.2, 0.25) is 0 Å². The van der Waals surface area contributed by atoms with Crippen LogP contribution in [0.4, 0.5) is 8.78 Å². The van der Waals surface area contributed by atoms with Crippen LogP contribution in [0.3, 0.4) is 0 Å². The van der Waals surface area contributed by atoms with Gasteiger partial charge >= 0.3 is 0 Å². The molecular weight excluding hydrogens is 520 g/mol. The molecule has 3 aromatic rings. The molecule has 9 nitrogen and oxygen atoms in total. The van der Waals surface area contributed by atoms with Crippen LogP contribution in [0.1, 0.15) is 74.0 Å². The number of carbonyl (C=O) groups is 2. The summed E-state index contributed by atoms with van der Waals surface area (Å²) in [6, 6.07) is 4.14. The first-order valence-electron chi connectivity index (χ1n) is 13.8. The van der Waals surface area contributed by atoms with E-state index in [-0.39, 0.29) is 29.5 Å². The average Bonchev–Trinajstić information content (AvgIpc) is 3.68. The summed E-state index contributed by atoms with van der Waals surface area (Å²) >= 11 is 0. The van der Waals surface area contributed by atoms with E-state index in [4.69, 9.17) is 4.74 Å². The number of nitrogens with zero attached hydrogens (tertiary/aromatic N) is 2. The lowest BCUT2D eigenvalue weighted by Crippen LogP contribution is -2.49. The second-order valence-corrected chi connectivity index (χ2v) is 11.1. The lowest BCUT2D eigenvalue weighted by molar-refractivity contribution is -0.129. The van der Waals surface area contributed by atoms with Crippen molar-refractivity contribution in [2.75, 3.05) is 6.61 Å². The number of aryl methyl sites for hydroxylation is 1. The van der Waals surface area contributed by atoms with Crippen LogP contribution in [0, 0.1) is 18.8 Å². The number of amides is 2. The van der Waals surface area contributed by atoms with Gasteiger partial charge < -0.3 is 25.5 Å². The largest absolute Gasteiger partial charge is 0.493 e. The fourth-order valence-corrected chi connectivity index (χ4v) is 5.39. The molecule has 4 N–H and O–H groups in total. The molecule has 2 amide bonds. The van der Waals surface area contributed by atoms with E-state index in [1.54, 1.807) is 13.0 Å². The molecule has 2 aliphatic carbocycles. The highest BCUT2D eigenvalue weighted by Gasteiger charge is 2.32. The van der Waals surface area contributed by atoms with Crippen LogP contribution in [-0.2, 0) is 4.79 Å². The van der Waals surface area contributed by atoms with Crippen LogP contribution in [0.5, 0.6) is 5.75 Å². The first-order valence-corrected chi connectivity index (χ1v) is 13.8. The Morgan fingerprint density at radius 1 is 1.18 bits per heavy atom. The van der Waals surface area contributed by atoms with Crippen molar-refractivity contribution in [1.29, 1.82) is 0 Å². The minimum atomic E-state index is -2.65. The molecule has 0 saturated heterocycles. The van der Waals surface area contributed by atoms with Gasteiger partial charge in [0.15, 0.2) is 0 Å². The smallest absolute Gasteiger partial charge is 0.263 e. The third-order valence-electron chi connectivity index (χ3n) is 7.89. The molecule has 1 aromatic carbocycles. The van der Waals surface area contributed by atoms with Crippen molar-refractivity contribution >= 4 is 22.8 Å². The zero-order chi connectivity index (χ0) is 28.6. The van der Waals surface area contributed by atoms with Gasteiger partial charge in [-0.25, -0.2) is 18.7 Å². The fraction of sp³-hybridized carbons (Fsp3) is 0.517. The Bertz CT molecular complexity index is 1400. The zero-order valence-corrected chi connectivity index (χ0v) is 22.8. The highest BCUT2D eigenvalue weighted by atomic mass is 19.3. The van der Waals surface area contributed by atoms with Gasteiger partial charge in [0, 0.05) is 28.9 Å². The first-order chi connectivity index (χ1) is 19.1. The first kappa shape index (κ1) is 27.9. The maximum Gasteiger partial charge on any atom is 0.263 e. The average molecular weight is 556 g/mol. The summed E-state index contributed by atoms with van der Waals surface area (Å²) in [5, 5.41) is 15.5. The molecule has 0 radical (unpaired) electrons. The monoisotopic (exact) mass is 555 g/mol. The van der Waals surface area contributed by atoms with Crippen molar-refractivity contribution in [2.45, 2.75) is 77.5 Å². The Labute approximate surface area is 231 Å². The van der Waals surface area contributed by atoms with E-state index in [1.165, 1.54) is 25.4 Å². The Kier molecular flexibility index (Phi) is 8.02. The van der Waals surface area contributed by atoms with Crippen molar-refractivity contribution in [3.05, 3.63) is 41.3 Å². The number of aromatic amines is 1. The van der Waals surface area contributed by atoms with Crippen LogP contribution >= 0.6 is 0 Å². The third kappa shape index (κ3) is 5.94. The second-order valence-electron chi connectivity index (χ2n) is 11.1. The molecule has 2 saturated carbocycles. The van der Waals surface area contributed by atoms with Crippen LogP contribution in [0.15, 0.2) is 24.5 Å². The number of hydrogen-bond donors (Lipinski definition) is 4. The third-order valence-corrected chi connectivity index (χ3v) is 7.89. The summed E-state index contributed by atoms with van der Waals surface area (Å²) < 4.78 is 33.2. The lowest BCUT2D eigenvalue weighted by Gasteiger charge is -2.35. The van der Waals surface area contributed by atoms with E-state index < -0.39 is 18.4 Å². The van der Waals surface area contributed by atoms with Gasteiger partial charge in [-0.3, -0.25) is 9.59 Å². The van der Waals surface area contributed by atoms with Gasteiger partial charge in [0.2, 0.25) is 5.91 Å². The number of H-pyrrole nitrogens is 1. The van der Waals surface area contributed by atoms with Gasteiger partial charge in [0.05, 0.1) is 17.7 Å². The predicted molar refractivity (Wildman–Crippen MR) is 145 cm³/mol. The normalized spacial score (nSPS) is 21.8. The molecule has 0 bridgehead atoms. The van der Waals surface area contributed by atoms with E-state index in [1.807, 2.05) is 6.92 Å². The molecule has 0 spiro atoms. The summed E-state index contributed by atoms with van der Waals surface area (Å²) in [5.74, 6) is 0.357. The van der Waals surface area contributed by atoms with Crippen LogP contribution < -0.4 is 15.4 Å². The van der Waals surface area contributed by atoms with Gasteiger partial charge in [0.25, 0.3) is 12.3 Å². The SMILES string of the molecule is Cc1[nH]c2c(-c3cc(C(F)F)ccc3OCC3CC3)ncnc2c1C(=O)N[C@@H]1CC[C@H](NC(=O)[C@H](C)O)[C@H](C)C1. The summed E-state index contributed by atoms with van der Waals surface area (Å²) in [7, 11) is 0. The number of rotatable bonds is 9. The number of alkyl halides is 2. The summed E-state index contributed by atoms with van der Waals surface area (Å²) in [6.45, 7) is 5.72. The number of fused-ring (bicyclic) bond motifs is 1. The van der Waals surface area contributed by atoms with E-state index in [0.29, 0.717) is 71.1 Å². The van der Waals surface area contributed by atoms with E-state index in [0.717, 1.165) is 12.8 Å². The van der Waals surface area contributed by atoms with Gasteiger partial charge in [0.1, 0.15) is 29.4 Å². The second kappa shape index (κ2) is 11.5. The Morgan fingerprint density at radius 2 is 1.95 bits per heavy atom. The van der Waals surface area contributed by atoms with Gasteiger partial charge in [-0.1, -0.05) is 6.92 Å². The van der Waals surface area contributed by atoms with Gasteiger partial charge in [-0.05, 0) is 76.0 Å². The molecule has 0 aliphatic heterocycles. The molecule has 4 atom stereocenters. The summed E-state index contributed by atoms with van der Waals surface area (Å²) in [4.78, 5) is 37.4. The van der Waals surface area contributed by atoms with Crippen molar-refractivity contribution in [3.8, 4) is 17.0 Å².